The van der Waals surface area contributed by atoms with Crippen molar-refractivity contribution < 1.29 is 9.53 Å². The quantitative estimate of drug-likeness (QED) is 0.877. The van der Waals surface area contributed by atoms with Crippen LogP contribution in [0.25, 0.3) is 0 Å². The lowest BCUT2D eigenvalue weighted by Gasteiger charge is -2.29. The van der Waals surface area contributed by atoms with Crippen molar-refractivity contribution in [2.75, 3.05) is 23.8 Å². The Kier molecular flexibility index (Phi) is 3.77. The number of anilines is 2. The van der Waals surface area contributed by atoms with Crippen LogP contribution in [-0.4, -0.2) is 19.1 Å². The monoisotopic (exact) mass is 282 g/mol. The van der Waals surface area contributed by atoms with Crippen molar-refractivity contribution in [1.29, 1.82) is 0 Å². The van der Waals surface area contributed by atoms with Crippen LogP contribution in [0.3, 0.4) is 0 Å². The van der Waals surface area contributed by atoms with E-state index in [1.807, 2.05) is 41.3 Å². The molecule has 21 heavy (non-hydrogen) atoms. The molecule has 1 aliphatic rings. The zero-order valence-corrected chi connectivity index (χ0v) is 11.8. The van der Waals surface area contributed by atoms with E-state index in [2.05, 4.69) is 6.07 Å². The molecule has 0 spiro atoms. The third-order valence-electron chi connectivity index (χ3n) is 3.63. The Balaban J connectivity index is 1.66. The predicted molar refractivity (Wildman–Crippen MR) is 83.5 cm³/mol. The zero-order chi connectivity index (χ0) is 14.7. The van der Waals surface area contributed by atoms with Crippen molar-refractivity contribution in [3.63, 3.8) is 0 Å². The van der Waals surface area contributed by atoms with Gasteiger partial charge in [-0.1, -0.05) is 24.3 Å². The first-order valence-electron chi connectivity index (χ1n) is 7.10. The van der Waals surface area contributed by atoms with Crippen molar-refractivity contribution >= 4 is 17.3 Å². The van der Waals surface area contributed by atoms with Crippen LogP contribution in [0, 0.1) is 0 Å². The van der Waals surface area contributed by atoms with Crippen LogP contribution in [0.5, 0.6) is 5.75 Å². The largest absolute Gasteiger partial charge is 0.492 e. The Hall–Kier alpha value is -2.49. The number of ether oxygens (including phenoxy) is 1. The molecule has 0 bridgehead atoms. The first-order chi connectivity index (χ1) is 10.2. The van der Waals surface area contributed by atoms with Gasteiger partial charge in [-0.2, -0.15) is 0 Å². The van der Waals surface area contributed by atoms with Gasteiger partial charge in [-0.25, -0.2) is 0 Å². The molecule has 3 rings (SSSR count). The van der Waals surface area contributed by atoms with Crippen molar-refractivity contribution in [1.82, 2.24) is 0 Å². The van der Waals surface area contributed by atoms with Gasteiger partial charge in [-0.3, -0.25) is 4.79 Å². The third-order valence-corrected chi connectivity index (χ3v) is 3.63. The minimum absolute atomic E-state index is 0.157. The fraction of sp³-hybridized carbons (Fsp3) is 0.235. The van der Waals surface area contributed by atoms with Crippen molar-refractivity contribution in [2.24, 2.45) is 0 Å². The van der Waals surface area contributed by atoms with E-state index in [4.69, 9.17) is 10.5 Å². The van der Waals surface area contributed by atoms with Gasteiger partial charge >= 0.3 is 0 Å². The van der Waals surface area contributed by atoms with E-state index in [9.17, 15) is 4.79 Å². The summed E-state index contributed by atoms with van der Waals surface area (Å²) in [5.74, 6) is 0.887. The van der Waals surface area contributed by atoms with Crippen LogP contribution < -0.4 is 15.4 Å². The number of hydrogen-bond donors (Lipinski definition) is 1. The Labute approximate surface area is 124 Å². The smallest absolute Gasteiger partial charge is 0.227 e. The van der Waals surface area contributed by atoms with Crippen molar-refractivity contribution in [2.45, 2.75) is 12.8 Å². The molecule has 0 atom stereocenters. The molecule has 0 aliphatic carbocycles. The highest BCUT2D eigenvalue weighted by atomic mass is 16.5. The van der Waals surface area contributed by atoms with Gasteiger partial charge in [0.05, 0.1) is 6.54 Å². The van der Waals surface area contributed by atoms with E-state index in [-0.39, 0.29) is 5.91 Å². The molecular formula is C17H18N2O2. The normalized spacial score (nSPS) is 13.9. The highest BCUT2D eigenvalue weighted by molar-refractivity contribution is 5.96. The van der Waals surface area contributed by atoms with Crippen LogP contribution >= 0.6 is 0 Å². The topological polar surface area (TPSA) is 55.6 Å². The van der Waals surface area contributed by atoms with Gasteiger partial charge in [-0.15, -0.1) is 0 Å². The molecule has 0 fully saturated rings. The van der Waals surface area contributed by atoms with Crippen LogP contribution in [-0.2, 0) is 11.2 Å². The van der Waals surface area contributed by atoms with E-state index in [1.54, 1.807) is 6.07 Å². The number of nitrogen functional groups attached to an aromatic ring is 1. The molecule has 108 valence electrons. The van der Waals surface area contributed by atoms with Gasteiger partial charge in [-0.05, 0) is 30.2 Å². The molecule has 1 heterocycles. The van der Waals surface area contributed by atoms with Gasteiger partial charge in [0.15, 0.2) is 0 Å². The summed E-state index contributed by atoms with van der Waals surface area (Å²) < 4.78 is 5.68. The molecule has 2 N–H and O–H groups in total. The summed E-state index contributed by atoms with van der Waals surface area (Å²) in [6.45, 7) is 0.994. The summed E-state index contributed by atoms with van der Waals surface area (Å²) in [6, 6.07) is 15.4. The first-order valence-corrected chi connectivity index (χ1v) is 7.10. The lowest BCUT2D eigenvalue weighted by molar-refractivity contribution is -0.119. The van der Waals surface area contributed by atoms with Gasteiger partial charge < -0.3 is 15.4 Å². The van der Waals surface area contributed by atoms with E-state index in [1.165, 1.54) is 5.56 Å². The number of carbonyl (C=O) groups excluding carboxylic acids is 1. The molecular weight excluding hydrogens is 264 g/mol. The molecule has 1 amide bonds. The summed E-state index contributed by atoms with van der Waals surface area (Å²) in [6.07, 6.45) is 1.39. The Morgan fingerprint density at radius 3 is 2.81 bits per heavy atom. The number of nitrogens with two attached hydrogens (primary N) is 1. The summed E-state index contributed by atoms with van der Waals surface area (Å²) in [5, 5.41) is 0. The highest BCUT2D eigenvalue weighted by Crippen LogP contribution is 2.27. The fourth-order valence-corrected chi connectivity index (χ4v) is 2.60. The molecule has 4 heteroatoms. The second-order valence-electron chi connectivity index (χ2n) is 5.10. The standard InChI is InChI=1S/C17H18N2O2/c18-14-5-3-6-15(12-14)21-11-10-19-16-7-2-1-4-13(16)8-9-17(19)20/h1-7,12H,8-11,18H2. The van der Waals surface area contributed by atoms with Crippen LogP contribution in [0.1, 0.15) is 12.0 Å². The molecule has 0 unspecified atom stereocenters. The maximum absolute atomic E-state index is 12.1. The minimum atomic E-state index is 0.157. The number of rotatable bonds is 4. The Morgan fingerprint density at radius 2 is 1.95 bits per heavy atom. The lowest BCUT2D eigenvalue weighted by atomic mass is 10.0. The highest BCUT2D eigenvalue weighted by Gasteiger charge is 2.23. The zero-order valence-electron chi connectivity index (χ0n) is 11.8. The van der Waals surface area contributed by atoms with Crippen LogP contribution in [0.4, 0.5) is 11.4 Å². The Bertz CT molecular complexity index is 655. The number of fused-ring (bicyclic) bond motifs is 1. The molecule has 2 aromatic carbocycles. The minimum Gasteiger partial charge on any atom is -0.492 e. The van der Waals surface area contributed by atoms with Gasteiger partial charge in [0.25, 0.3) is 0 Å². The molecule has 1 aliphatic heterocycles. The van der Waals surface area contributed by atoms with Crippen LogP contribution in [0.15, 0.2) is 48.5 Å². The summed E-state index contributed by atoms with van der Waals surface area (Å²) >= 11 is 0. The number of para-hydroxylation sites is 1. The fourth-order valence-electron chi connectivity index (χ4n) is 2.60. The van der Waals surface area contributed by atoms with Gasteiger partial charge in [0.2, 0.25) is 5.91 Å². The van der Waals surface area contributed by atoms with E-state index in [0.29, 0.717) is 25.3 Å². The molecule has 0 saturated heterocycles. The lowest BCUT2D eigenvalue weighted by Crippen LogP contribution is -2.38. The molecule has 0 aromatic heterocycles. The van der Waals surface area contributed by atoms with Gasteiger partial charge in [0.1, 0.15) is 12.4 Å². The average Bonchev–Trinajstić information content (AvgIpc) is 2.50. The molecule has 0 saturated carbocycles. The number of benzene rings is 2. The Morgan fingerprint density at radius 1 is 1.10 bits per heavy atom. The summed E-state index contributed by atoms with van der Waals surface area (Å²) in [4.78, 5) is 13.9. The van der Waals surface area contributed by atoms with Crippen molar-refractivity contribution in [3.8, 4) is 5.75 Å². The van der Waals surface area contributed by atoms with Crippen molar-refractivity contribution in [3.05, 3.63) is 54.1 Å². The number of amides is 1. The summed E-state index contributed by atoms with van der Waals surface area (Å²) in [7, 11) is 0. The third kappa shape index (κ3) is 2.99. The van der Waals surface area contributed by atoms with Crippen LogP contribution in [0.2, 0.25) is 0 Å². The van der Waals surface area contributed by atoms with E-state index in [0.717, 1.165) is 17.9 Å². The molecule has 0 radical (unpaired) electrons. The van der Waals surface area contributed by atoms with E-state index < -0.39 is 0 Å². The van der Waals surface area contributed by atoms with Gasteiger partial charge in [0, 0.05) is 23.9 Å². The number of nitrogens with zero attached hydrogens (tertiary/aromatic N) is 1. The second kappa shape index (κ2) is 5.87. The molecule has 2 aromatic rings. The number of hydrogen-bond acceptors (Lipinski definition) is 3. The maximum atomic E-state index is 12.1. The number of carbonyl (C=O) groups is 1. The number of aryl methyl sites for hydroxylation is 1. The average molecular weight is 282 g/mol. The summed E-state index contributed by atoms with van der Waals surface area (Å²) in [5.41, 5.74) is 8.61. The predicted octanol–water partition coefficient (Wildman–Crippen LogP) is 2.63. The maximum Gasteiger partial charge on any atom is 0.227 e. The molecule has 4 nitrogen and oxygen atoms in total. The first kappa shape index (κ1) is 13.5. The van der Waals surface area contributed by atoms with E-state index >= 15 is 0 Å². The SMILES string of the molecule is Nc1cccc(OCCN2C(=O)CCc3ccccc32)c1. The second-order valence-corrected chi connectivity index (χ2v) is 5.10.